The maximum atomic E-state index is 12.8. The van der Waals surface area contributed by atoms with Gasteiger partial charge in [0, 0.05) is 36.8 Å². The van der Waals surface area contributed by atoms with Crippen molar-refractivity contribution in [3.63, 3.8) is 0 Å². The zero-order chi connectivity index (χ0) is 17.6. The standard InChI is InChI=1S/C21H30N2O2/c1-2-19-9-5-8-16-23(19)21(25)18-12-10-17(11-13-18)20(24)22-14-6-3-4-7-15-22/h10-13,19H,2-9,14-16H2,1H3. The molecule has 2 amide bonds. The monoisotopic (exact) mass is 342 g/mol. The van der Waals surface area contributed by atoms with Gasteiger partial charge in [-0.05, 0) is 62.8 Å². The minimum absolute atomic E-state index is 0.102. The summed E-state index contributed by atoms with van der Waals surface area (Å²) in [5.41, 5.74) is 1.40. The second-order valence-corrected chi connectivity index (χ2v) is 7.34. The lowest BCUT2D eigenvalue weighted by Crippen LogP contribution is -2.43. The number of benzene rings is 1. The third kappa shape index (κ3) is 4.23. The zero-order valence-corrected chi connectivity index (χ0v) is 15.4. The number of piperidine rings is 1. The van der Waals surface area contributed by atoms with Crippen LogP contribution in [0, 0.1) is 0 Å². The van der Waals surface area contributed by atoms with E-state index in [4.69, 9.17) is 0 Å². The lowest BCUT2D eigenvalue weighted by molar-refractivity contribution is 0.0607. The van der Waals surface area contributed by atoms with Crippen molar-refractivity contribution in [2.24, 2.45) is 0 Å². The lowest BCUT2D eigenvalue weighted by atomic mass is 9.98. The van der Waals surface area contributed by atoms with Gasteiger partial charge in [-0.25, -0.2) is 0 Å². The number of hydrogen-bond donors (Lipinski definition) is 0. The summed E-state index contributed by atoms with van der Waals surface area (Å²) in [7, 11) is 0. The Labute approximate surface area is 151 Å². The van der Waals surface area contributed by atoms with Crippen molar-refractivity contribution >= 4 is 11.8 Å². The maximum absolute atomic E-state index is 12.8. The molecular weight excluding hydrogens is 312 g/mol. The Morgan fingerprint density at radius 3 is 2.00 bits per heavy atom. The molecule has 4 heteroatoms. The van der Waals surface area contributed by atoms with Gasteiger partial charge in [0.05, 0.1) is 0 Å². The van der Waals surface area contributed by atoms with E-state index in [1.165, 1.54) is 19.3 Å². The van der Waals surface area contributed by atoms with Gasteiger partial charge in [0.2, 0.25) is 0 Å². The maximum Gasteiger partial charge on any atom is 0.254 e. The van der Waals surface area contributed by atoms with Crippen LogP contribution in [0.5, 0.6) is 0 Å². The van der Waals surface area contributed by atoms with E-state index < -0.39 is 0 Å². The number of likely N-dealkylation sites (tertiary alicyclic amines) is 2. The third-order valence-electron chi connectivity index (χ3n) is 5.63. The van der Waals surface area contributed by atoms with Gasteiger partial charge in [-0.15, -0.1) is 0 Å². The van der Waals surface area contributed by atoms with Gasteiger partial charge >= 0.3 is 0 Å². The van der Waals surface area contributed by atoms with Crippen LogP contribution in [0.4, 0.5) is 0 Å². The molecule has 1 atom stereocenters. The lowest BCUT2D eigenvalue weighted by Gasteiger charge is -2.35. The molecule has 2 aliphatic rings. The first-order valence-electron chi connectivity index (χ1n) is 9.91. The molecule has 1 aromatic carbocycles. The van der Waals surface area contributed by atoms with Gasteiger partial charge in [0.25, 0.3) is 11.8 Å². The normalized spacial score (nSPS) is 21.7. The van der Waals surface area contributed by atoms with Gasteiger partial charge in [-0.3, -0.25) is 9.59 Å². The number of hydrogen-bond acceptors (Lipinski definition) is 2. The summed E-state index contributed by atoms with van der Waals surface area (Å²) >= 11 is 0. The smallest absolute Gasteiger partial charge is 0.254 e. The average molecular weight is 342 g/mol. The van der Waals surface area contributed by atoms with E-state index in [9.17, 15) is 9.59 Å². The van der Waals surface area contributed by atoms with E-state index in [-0.39, 0.29) is 11.8 Å². The van der Waals surface area contributed by atoms with Crippen LogP contribution in [0.1, 0.15) is 79.0 Å². The number of carbonyl (C=O) groups excluding carboxylic acids is 2. The van der Waals surface area contributed by atoms with E-state index in [0.29, 0.717) is 17.2 Å². The number of amides is 2. The molecule has 2 fully saturated rings. The molecule has 2 saturated heterocycles. The molecule has 1 aromatic rings. The van der Waals surface area contributed by atoms with Gasteiger partial charge in [-0.1, -0.05) is 19.8 Å². The molecule has 0 radical (unpaired) electrons. The molecule has 4 nitrogen and oxygen atoms in total. The van der Waals surface area contributed by atoms with Crippen molar-refractivity contribution in [1.29, 1.82) is 0 Å². The van der Waals surface area contributed by atoms with Gasteiger partial charge in [0.1, 0.15) is 0 Å². The summed E-state index contributed by atoms with van der Waals surface area (Å²) < 4.78 is 0. The Morgan fingerprint density at radius 2 is 1.40 bits per heavy atom. The van der Waals surface area contributed by atoms with Gasteiger partial charge in [0.15, 0.2) is 0 Å². The summed E-state index contributed by atoms with van der Waals surface area (Å²) in [6.45, 7) is 4.71. The van der Waals surface area contributed by atoms with Crippen LogP contribution < -0.4 is 0 Å². The SMILES string of the molecule is CCC1CCCCN1C(=O)c1ccc(C(=O)N2CCCCCC2)cc1. The predicted molar refractivity (Wildman–Crippen MR) is 99.8 cm³/mol. The molecule has 0 aliphatic carbocycles. The second-order valence-electron chi connectivity index (χ2n) is 7.34. The first kappa shape index (κ1) is 18.0. The molecule has 0 aromatic heterocycles. The highest BCUT2D eigenvalue weighted by atomic mass is 16.2. The van der Waals surface area contributed by atoms with E-state index in [1.807, 2.05) is 34.1 Å². The quantitative estimate of drug-likeness (QED) is 0.829. The number of rotatable bonds is 3. The minimum Gasteiger partial charge on any atom is -0.339 e. The zero-order valence-electron chi connectivity index (χ0n) is 15.4. The molecule has 136 valence electrons. The van der Waals surface area contributed by atoms with Crippen molar-refractivity contribution in [3.05, 3.63) is 35.4 Å². The first-order chi connectivity index (χ1) is 12.2. The summed E-state index contributed by atoms with van der Waals surface area (Å²) in [5, 5.41) is 0. The Balaban J connectivity index is 1.68. The molecule has 0 bridgehead atoms. The van der Waals surface area contributed by atoms with Crippen molar-refractivity contribution in [2.45, 2.75) is 64.3 Å². The summed E-state index contributed by atoms with van der Waals surface area (Å²) in [5.74, 6) is 0.214. The fourth-order valence-electron chi connectivity index (χ4n) is 4.07. The molecule has 25 heavy (non-hydrogen) atoms. The van der Waals surface area contributed by atoms with Crippen molar-refractivity contribution in [2.75, 3.05) is 19.6 Å². The van der Waals surface area contributed by atoms with Crippen LogP contribution >= 0.6 is 0 Å². The largest absolute Gasteiger partial charge is 0.339 e. The van der Waals surface area contributed by atoms with Crippen molar-refractivity contribution < 1.29 is 9.59 Å². The fraction of sp³-hybridized carbons (Fsp3) is 0.619. The first-order valence-corrected chi connectivity index (χ1v) is 9.91. The molecule has 2 aliphatic heterocycles. The molecular formula is C21H30N2O2. The van der Waals surface area contributed by atoms with Crippen LogP contribution in [0.25, 0.3) is 0 Å². The Kier molecular flexibility index (Phi) is 6.11. The van der Waals surface area contributed by atoms with Crippen molar-refractivity contribution in [1.82, 2.24) is 9.80 Å². The van der Waals surface area contributed by atoms with E-state index in [2.05, 4.69) is 6.92 Å². The highest BCUT2D eigenvalue weighted by Crippen LogP contribution is 2.22. The molecule has 0 spiro atoms. The van der Waals surface area contributed by atoms with Crippen LogP contribution in [0.3, 0.4) is 0 Å². The number of nitrogens with zero attached hydrogens (tertiary/aromatic N) is 2. The van der Waals surface area contributed by atoms with Crippen LogP contribution in [-0.4, -0.2) is 47.3 Å². The van der Waals surface area contributed by atoms with E-state index in [0.717, 1.165) is 51.7 Å². The predicted octanol–water partition coefficient (Wildman–Crippen LogP) is 4.11. The molecule has 1 unspecified atom stereocenters. The highest BCUT2D eigenvalue weighted by Gasteiger charge is 2.26. The molecule has 2 heterocycles. The van der Waals surface area contributed by atoms with Crippen LogP contribution in [0.2, 0.25) is 0 Å². The Hall–Kier alpha value is -1.84. The van der Waals surface area contributed by atoms with E-state index in [1.54, 1.807) is 0 Å². The summed E-state index contributed by atoms with van der Waals surface area (Å²) in [6.07, 6.45) is 9.03. The minimum atomic E-state index is 0.102. The molecule has 3 rings (SSSR count). The van der Waals surface area contributed by atoms with Crippen LogP contribution in [-0.2, 0) is 0 Å². The second kappa shape index (κ2) is 8.50. The van der Waals surface area contributed by atoms with Gasteiger partial charge in [-0.2, -0.15) is 0 Å². The van der Waals surface area contributed by atoms with E-state index >= 15 is 0 Å². The number of carbonyl (C=O) groups is 2. The Morgan fingerprint density at radius 1 is 0.840 bits per heavy atom. The highest BCUT2D eigenvalue weighted by molar-refractivity contribution is 5.98. The topological polar surface area (TPSA) is 40.6 Å². The summed E-state index contributed by atoms with van der Waals surface area (Å²) in [6, 6.07) is 7.67. The molecule has 0 saturated carbocycles. The average Bonchev–Trinajstić information content (AvgIpc) is 2.96. The molecule has 0 N–H and O–H groups in total. The third-order valence-corrected chi connectivity index (χ3v) is 5.63. The Bertz CT molecular complexity index is 588. The van der Waals surface area contributed by atoms with Gasteiger partial charge < -0.3 is 9.80 Å². The van der Waals surface area contributed by atoms with Crippen LogP contribution in [0.15, 0.2) is 24.3 Å². The summed E-state index contributed by atoms with van der Waals surface area (Å²) in [4.78, 5) is 29.5. The fourth-order valence-corrected chi connectivity index (χ4v) is 4.07. The van der Waals surface area contributed by atoms with Crippen molar-refractivity contribution in [3.8, 4) is 0 Å².